The number of oxazole rings is 1. The molecule has 0 unspecified atom stereocenters. The van der Waals surface area contributed by atoms with Gasteiger partial charge in [-0.1, -0.05) is 36.4 Å². The molecule has 0 spiro atoms. The quantitative estimate of drug-likeness (QED) is 0.405. The fraction of sp³-hybridized carbons (Fsp3) is 0.125. The summed E-state index contributed by atoms with van der Waals surface area (Å²) >= 11 is 0. The smallest absolute Gasteiger partial charge is 0.192 e. The zero-order valence-electron chi connectivity index (χ0n) is 16.5. The van der Waals surface area contributed by atoms with Crippen LogP contribution in [-0.2, 0) is 0 Å². The van der Waals surface area contributed by atoms with Gasteiger partial charge in [0.25, 0.3) is 0 Å². The van der Waals surface area contributed by atoms with Crippen LogP contribution >= 0.6 is 0 Å². The first kappa shape index (κ1) is 17.4. The normalized spacial score (nSPS) is 11.3. The average Bonchev–Trinajstić information content (AvgIpc) is 3.33. The molecule has 0 atom stereocenters. The first-order chi connectivity index (χ1) is 14.1. The maximum absolute atomic E-state index is 5.86. The molecule has 0 saturated heterocycles. The van der Waals surface area contributed by atoms with Crippen LogP contribution < -0.4 is 0 Å². The molecule has 5 heteroatoms. The molecular weight excluding hydrogens is 360 g/mol. The van der Waals surface area contributed by atoms with Gasteiger partial charge in [0.2, 0.25) is 0 Å². The molecule has 5 rings (SSSR count). The third kappa shape index (κ3) is 2.91. The number of rotatable bonds is 3. The molecule has 0 fully saturated rings. The van der Waals surface area contributed by atoms with E-state index in [0.29, 0.717) is 5.89 Å². The van der Waals surface area contributed by atoms with Crippen LogP contribution in [0.25, 0.3) is 39.3 Å². The second kappa shape index (κ2) is 6.71. The average molecular weight is 380 g/mol. The van der Waals surface area contributed by atoms with Gasteiger partial charge >= 0.3 is 0 Å². The number of hydrogen-bond acceptors (Lipinski definition) is 4. The first-order valence-electron chi connectivity index (χ1n) is 9.55. The highest BCUT2D eigenvalue weighted by molar-refractivity contribution is 5.88. The lowest BCUT2D eigenvalue weighted by Crippen LogP contribution is -2.02. The molecule has 3 aromatic carbocycles. The Labute approximate surface area is 168 Å². The summed E-state index contributed by atoms with van der Waals surface area (Å²) in [6.45, 7) is 6.10. The van der Waals surface area contributed by atoms with Crippen molar-refractivity contribution in [1.82, 2.24) is 19.7 Å². The summed E-state index contributed by atoms with van der Waals surface area (Å²) in [5, 5.41) is 8.61. The van der Waals surface area contributed by atoms with Gasteiger partial charge in [-0.3, -0.25) is 4.57 Å². The van der Waals surface area contributed by atoms with Gasteiger partial charge in [-0.2, -0.15) is 0 Å². The van der Waals surface area contributed by atoms with Gasteiger partial charge in [-0.05, 0) is 60.4 Å². The Morgan fingerprint density at radius 1 is 0.828 bits per heavy atom. The van der Waals surface area contributed by atoms with E-state index in [0.717, 1.165) is 39.3 Å². The van der Waals surface area contributed by atoms with E-state index in [1.807, 2.05) is 35.8 Å². The zero-order chi connectivity index (χ0) is 20.0. The number of benzene rings is 3. The van der Waals surface area contributed by atoms with Crippen molar-refractivity contribution in [2.75, 3.05) is 0 Å². The monoisotopic (exact) mass is 380 g/mol. The molecule has 5 aromatic rings. The number of para-hydroxylation sites is 1. The summed E-state index contributed by atoms with van der Waals surface area (Å²) < 4.78 is 7.89. The predicted molar refractivity (Wildman–Crippen MR) is 114 cm³/mol. The number of aromatic nitrogens is 4. The van der Waals surface area contributed by atoms with E-state index in [2.05, 4.69) is 65.4 Å². The lowest BCUT2D eigenvalue weighted by molar-refractivity contribution is 0.561. The van der Waals surface area contributed by atoms with Crippen LogP contribution in [0.15, 0.2) is 71.4 Å². The minimum Gasteiger partial charge on any atom is -0.440 e. The summed E-state index contributed by atoms with van der Waals surface area (Å²) in [6, 6.07) is 20.7. The summed E-state index contributed by atoms with van der Waals surface area (Å²) in [6.07, 6.45) is 1.76. The van der Waals surface area contributed by atoms with Crippen molar-refractivity contribution in [2.24, 2.45) is 0 Å². The molecule has 5 nitrogen and oxygen atoms in total. The van der Waals surface area contributed by atoms with Crippen LogP contribution in [0.5, 0.6) is 0 Å². The standard InChI is InChI=1S/C24H20N4O/c1-15-12-19(18-8-5-4-6-9-18)13-16(2)22(15)28-14-25-27-24(28)20-10-7-11-21-23(20)29-17(3)26-21/h4-14H,1-3H3. The number of aryl methyl sites for hydroxylation is 3. The molecule has 2 heterocycles. The largest absolute Gasteiger partial charge is 0.440 e. The Balaban J connectivity index is 1.68. The Hall–Kier alpha value is -3.73. The molecule has 2 aromatic heterocycles. The third-order valence-corrected chi connectivity index (χ3v) is 5.15. The van der Waals surface area contributed by atoms with E-state index in [1.165, 1.54) is 11.1 Å². The molecule has 0 saturated carbocycles. The van der Waals surface area contributed by atoms with Crippen molar-refractivity contribution in [1.29, 1.82) is 0 Å². The number of fused-ring (bicyclic) bond motifs is 1. The van der Waals surface area contributed by atoms with Crippen molar-refractivity contribution >= 4 is 11.1 Å². The summed E-state index contributed by atoms with van der Waals surface area (Å²) in [7, 11) is 0. The second-order valence-corrected chi connectivity index (χ2v) is 7.24. The zero-order valence-corrected chi connectivity index (χ0v) is 16.5. The molecule has 0 amide bonds. The third-order valence-electron chi connectivity index (χ3n) is 5.15. The first-order valence-corrected chi connectivity index (χ1v) is 9.55. The maximum atomic E-state index is 5.86. The molecule has 0 aliphatic rings. The van der Waals surface area contributed by atoms with Crippen LogP contribution in [0.2, 0.25) is 0 Å². The lowest BCUT2D eigenvalue weighted by Gasteiger charge is -2.15. The van der Waals surface area contributed by atoms with Gasteiger partial charge in [-0.15, -0.1) is 10.2 Å². The van der Waals surface area contributed by atoms with E-state index >= 15 is 0 Å². The van der Waals surface area contributed by atoms with E-state index < -0.39 is 0 Å². The Morgan fingerprint density at radius 3 is 2.34 bits per heavy atom. The van der Waals surface area contributed by atoms with Gasteiger partial charge in [0.05, 0.1) is 11.3 Å². The molecule has 0 aliphatic carbocycles. The van der Waals surface area contributed by atoms with Crippen molar-refractivity contribution < 1.29 is 4.42 Å². The Morgan fingerprint density at radius 2 is 1.59 bits per heavy atom. The van der Waals surface area contributed by atoms with Crippen LogP contribution in [0, 0.1) is 20.8 Å². The van der Waals surface area contributed by atoms with Crippen molar-refractivity contribution in [3.63, 3.8) is 0 Å². The topological polar surface area (TPSA) is 56.7 Å². The Bertz CT molecular complexity index is 1310. The summed E-state index contributed by atoms with van der Waals surface area (Å²) in [5.41, 5.74) is 8.24. The molecule has 142 valence electrons. The second-order valence-electron chi connectivity index (χ2n) is 7.24. The minimum atomic E-state index is 0.637. The lowest BCUT2D eigenvalue weighted by atomic mass is 9.98. The molecule has 0 aliphatic heterocycles. The van der Waals surface area contributed by atoms with E-state index in [9.17, 15) is 0 Å². The number of hydrogen-bond donors (Lipinski definition) is 0. The van der Waals surface area contributed by atoms with Gasteiger partial charge in [-0.25, -0.2) is 4.98 Å². The van der Waals surface area contributed by atoms with Crippen molar-refractivity contribution in [3.05, 3.63) is 84.0 Å². The minimum absolute atomic E-state index is 0.637. The van der Waals surface area contributed by atoms with Gasteiger partial charge in [0.1, 0.15) is 11.8 Å². The maximum Gasteiger partial charge on any atom is 0.192 e. The predicted octanol–water partition coefficient (Wildman–Crippen LogP) is 5.67. The fourth-order valence-corrected chi connectivity index (χ4v) is 3.95. The summed E-state index contributed by atoms with van der Waals surface area (Å²) in [5.74, 6) is 1.38. The highest BCUT2D eigenvalue weighted by atomic mass is 16.3. The highest BCUT2D eigenvalue weighted by Gasteiger charge is 2.18. The van der Waals surface area contributed by atoms with Gasteiger partial charge in [0.15, 0.2) is 17.3 Å². The molecular formula is C24H20N4O. The van der Waals surface area contributed by atoms with E-state index in [4.69, 9.17) is 4.42 Å². The SMILES string of the molecule is Cc1nc2cccc(-c3nncn3-c3c(C)cc(-c4ccccc4)cc3C)c2o1. The van der Waals surface area contributed by atoms with Crippen LogP contribution in [0.4, 0.5) is 0 Å². The molecule has 29 heavy (non-hydrogen) atoms. The molecule has 0 N–H and O–H groups in total. The number of nitrogens with zero attached hydrogens (tertiary/aromatic N) is 4. The summed E-state index contributed by atoms with van der Waals surface area (Å²) in [4.78, 5) is 4.44. The van der Waals surface area contributed by atoms with Crippen LogP contribution in [0.3, 0.4) is 0 Å². The Kier molecular flexibility index (Phi) is 4.02. The van der Waals surface area contributed by atoms with Gasteiger partial charge < -0.3 is 4.42 Å². The van der Waals surface area contributed by atoms with E-state index in [-0.39, 0.29) is 0 Å². The molecule has 0 radical (unpaired) electrons. The van der Waals surface area contributed by atoms with Crippen molar-refractivity contribution in [2.45, 2.75) is 20.8 Å². The molecule has 0 bridgehead atoms. The van der Waals surface area contributed by atoms with Crippen LogP contribution in [0.1, 0.15) is 17.0 Å². The highest BCUT2D eigenvalue weighted by Crippen LogP contribution is 2.33. The van der Waals surface area contributed by atoms with E-state index in [1.54, 1.807) is 6.33 Å². The fourth-order valence-electron chi connectivity index (χ4n) is 3.95. The van der Waals surface area contributed by atoms with Crippen LogP contribution in [-0.4, -0.2) is 19.7 Å². The van der Waals surface area contributed by atoms with Gasteiger partial charge in [0, 0.05) is 6.92 Å². The van der Waals surface area contributed by atoms with Crippen molar-refractivity contribution in [3.8, 4) is 28.2 Å².